The van der Waals surface area contributed by atoms with Crippen LogP contribution in [-0.4, -0.2) is 49.5 Å². The minimum absolute atomic E-state index is 0.0473. The highest BCUT2D eigenvalue weighted by atomic mass is 16.5. The van der Waals surface area contributed by atoms with Crippen LogP contribution in [0.1, 0.15) is 12.0 Å². The maximum absolute atomic E-state index is 9.66. The number of nitrogens with two attached hydrogens (primary N) is 1. The van der Waals surface area contributed by atoms with E-state index in [9.17, 15) is 5.11 Å². The van der Waals surface area contributed by atoms with E-state index >= 15 is 0 Å². The van der Waals surface area contributed by atoms with Crippen LogP contribution in [0.2, 0.25) is 0 Å². The molecule has 0 aromatic heterocycles. The highest BCUT2D eigenvalue weighted by Gasteiger charge is 2.29. The summed E-state index contributed by atoms with van der Waals surface area (Å²) in [6.07, 6.45) is 1.02. The molecular weight excluding hydrogens is 228 g/mol. The van der Waals surface area contributed by atoms with Crippen molar-refractivity contribution in [1.82, 2.24) is 4.90 Å². The zero-order chi connectivity index (χ0) is 12.8. The Morgan fingerprint density at radius 2 is 2.00 bits per heavy atom. The highest BCUT2D eigenvalue weighted by Crippen LogP contribution is 2.19. The van der Waals surface area contributed by atoms with Crippen molar-refractivity contribution in [2.24, 2.45) is 5.73 Å². The summed E-state index contributed by atoms with van der Waals surface area (Å²) in [7, 11) is 0. The van der Waals surface area contributed by atoms with Crippen LogP contribution >= 0.6 is 0 Å². The first-order chi connectivity index (χ1) is 8.74. The van der Waals surface area contributed by atoms with Crippen LogP contribution in [0.25, 0.3) is 0 Å². The van der Waals surface area contributed by atoms with Gasteiger partial charge in [-0.05, 0) is 12.0 Å². The van der Waals surface area contributed by atoms with Gasteiger partial charge in [0.25, 0.3) is 0 Å². The molecule has 3 N–H and O–H groups in total. The molecule has 0 radical (unpaired) electrons. The number of aliphatic hydroxyl groups excluding tert-OH is 1. The summed E-state index contributed by atoms with van der Waals surface area (Å²) in [5, 5.41) is 9.66. The molecule has 18 heavy (non-hydrogen) atoms. The van der Waals surface area contributed by atoms with Gasteiger partial charge in [-0.1, -0.05) is 30.3 Å². The second kappa shape index (κ2) is 6.29. The molecule has 1 saturated heterocycles. The maximum atomic E-state index is 9.66. The van der Waals surface area contributed by atoms with Crippen molar-refractivity contribution in [3.05, 3.63) is 35.9 Å². The van der Waals surface area contributed by atoms with Crippen molar-refractivity contribution in [2.45, 2.75) is 12.0 Å². The van der Waals surface area contributed by atoms with Crippen molar-refractivity contribution < 1.29 is 9.84 Å². The molecule has 0 amide bonds. The van der Waals surface area contributed by atoms with Gasteiger partial charge in [0.1, 0.15) is 0 Å². The van der Waals surface area contributed by atoms with Gasteiger partial charge in [0.05, 0.1) is 18.8 Å². The lowest BCUT2D eigenvalue weighted by molar-refractivity contribution is 0.118. The minimum Gasteiger partial charge on any atom is -0.394 e. The SMILES string of the molecule is NC(CO)(CN1CCCOCC1)c1ccccc1. The van der Waals surface area contributed by atoms with E-state index < -0.39 is 5.54 Å². The molecule has 4 heteroatoms. The van der Waals surface area contributed by atoms with Crippen molar-refractivity contribution in [2.75, 3.05) is 39.5 Å². The maximum Gasteiger partial charge on any atom is 0.0772 e. The van der Waals surface area contributed by atoms with Crippen LogP contribution in [0.3, 0.4) is 0 Å². The number of nitrogens with zero attached hydrogens (tertiary/aromatic N) is 1. The van der Waals surface area contributed by atoms with Gasteiger partial charge in [-0.3, -0.25) is 4.90 Å². The molecule has 0 spiro atoms. The van der Waals surface area contributed by atoms with Crippen LogP contribution < -0.4 is 5.73 Å². The van der Waals surface area contributed by atoms with E-state index in [0.717, 1.165) is 38.3 Å². The predicted octanol–water partition coefficient (Wildman–Crippen LogP) is 0.555. The normalized spacial score (nSPS) is 21.2. The summed E-state index contributed by atoms with van der Waals surface area (Å²) in [5.74, 6) is 0. The van der Waals surface area contributed by atoms with Crippen LogP contribution in [0.4, 0.5) is 0 Å². The number of ether oxygens (including phenoxy) is 1. The molecule has 4 nitrogen and oxygen atoms in total. The van der Waals surface area contributed by atoms with Crippen molar-refractivity contribution >= 4 is 0 Å². The first-order valence-corrected chi connectivity index (χ1v) is 6.50. The molecule has 0 bridgehead atoms. The summed E-state index contributed by atoms with van der Waals surface area (Å²) >= 11 is 0. The molecule has 2 rings (SSSR count). The summed E-state index contributed by atoms with van der Waals surface area (Å²) in [6.45, 7) is 4.04. The van der Waals surface area contributed by atoms with Crippen LogP contribution in [0.5, 0.6) is 0 Å². The van der Waals surface area contributed by atoms with Gasteiger partial charge in [-0.25, -0.2) is 0 Å². The van der Waals surface area contributed by atoms with E-state index in [0.29, 0.717) is 6.54 Å². The van der Waals surface area contributed by atoms with Crippen LogP contribution in [0, 0.1) is 0 Å². The van der Waals surface area contributed by atoms with Crippen LogP contribution in [0.15, 0.2) is 30.3 Å². The van der Waals surface area contributed by atoms with Gasteiger partial charge in [0, 0.05) is 26.2 Å². The fraction of sp³-hybridized carbons (Fsp3) is 0.571. The van der Waals surface area contributed by atoms with E-state index in [4.69, 9.17) is 10.5 Å². The second-order valence-corrected chi connectivity index (χ2v) is 4.92. The second-order valence-electron chi connectivity index (χ2n) is 4.92. The number of hydrogen-bond donors (Lipinski definition) is 2. The summed E-state index contributed by atoms with van der Waals surface area (Å²) in [5.41, 5.74) is 6.66. The van der Waals surface area contributed by atoms with E-state index in [1.807, 2.05) is 30.3 Å². The molecule has 1 unspecified atom stereocenters. The molecule has 1 aromatic rings. The molecule has 1 aliphatic heterocycles. The van der Waals surface area contributed by atoms with Crippen molar-refractivity contribution in [3.63, 3.8) is 0 Å². The average Bonchev–Trinajstić information content (AvgIpc) is 2.68. The van der Waals surface area contributed by atoms with Crippen molar-refractivity contribution in [1.29, 1.82) is 0 Å². The topological polar surface area (TPSA) is 58.7 Å². The summed E-state index contributed by atoms with van der Waals surface area (Å²) in [4.78, 5) is 2.27. The zero-order valence-corrected chi connectivity index (χ0v) is 10.7. The van der Waals surface area contributed by atoms with Gasteiger partial charge < -0.3 is 15.6 Å². The Labute approximate surface area is 108 Å². The third-order valence-electron chi connectivity index (χ3n) is 3.45. The number of rotatable bonds is 4. The largest absolute Gasteiger partial charge is 0.394 e. The predicted molar refractivity (Wildman–Crippen MR) is 71.3 cm³/mol. The Hall–Kier alpha value is -0.940. The molecule has 1 aliphatic rings. The summed E-state index contributed by atoms with van der Waals surface area (Å²) in [6, 6.07) is 9.83. The van der Waals surface area contributed by atoms with E-state index in [1.54, 1.807) is 0 Å². The van der Waals surface area contributed by atoms with Gasteiger partial charge in [0.2, 0.25) is 0 Å². The molecule has 0 saturated carbocycles. The standard InChI is InChI=1S/C14H22N2O2/c15-14(12-17,13-5-2-1-3-6-13)11-16-7-4-9-18-10-8-16/h1-3,5-6,17H,4,7-12,15H2. The smallest absolute Gasteiger partial charge is 0.0772 e. The first kappa shape index (κ1) is 13.5. The lowest BCUT2D eigenvalue weighted by atomic mass is 9.91. The molecule has 1 aromatic carbocycles. The Morgan fingerprint density at radius 3 is 2.72 bits per heavy atom. The molecule has 1 heterocycles. The number of aliphatic hydroxyl groups is 1. The average molecular weight is 250 g/mol. The minimum atomic E-state index is -0.689. The van der Waals surface area contributed by atoms with Gasteiger partial charge in [-0.15, -0.1) is 0 Å². The van der Waals surface area contributed by atoms with Gasteiger partial charge in [-0.2, -0.15) is 0 Å². The van der Waals surface area contributed by atoms with Gasteiger partial charge in [0.15, 0.2) is 0 Å². The quantitative estimate of drug-likeness (QED) is 0.819. The molecule has 0 aliphatic carbocycles. The Balaban J connectivity index is 2.07. The Morgan fingerprint density at radius 1 is 1.22 bits per heavy atom. The van der Waals surface area contributed by atoms with E-state index in [-0.39, 0.29) is 6.61 Å². The fourth-order valence-corrected chi connectivity index (χ4v) is 2.36. The number of hydrogen-bond acceptors (Lipinski definition) is 4. The lowest BCUT2D eigenvalue weighted by Crippen LogP contribution is -2.51. The number of benzene rings is 1. The lowest BCUT2D eigenvalue weighted by Gasteiger charge is -2.33. The van der Waals surface area contributed by atoms with Crippen molar-refractivity contribution in [3.8, 4) is 0 Å². The monoisotopic (exact) mass is 250 g/mol. The Kier molecular flexibility index (Phi) is 4.72. The molecule has 100 valence electrons. The van der Waals surface area contributed by atoms with E-state index in [1.165, 1.54) is 0 Å². The molecule has 1 atom stereocenters. The summed E-state index contributed by atoms with van der Waals surface area (Å²) < 4.78 is 5.43. The fourth-order valence-electron chi connectivity index (χ4n) is 2.36. The molecular formula is C14H22N2O2. The van der Waals surface area contributed by atoms with Crippen LogP contribution in [-0.2, 0) is 10.3 Å². The third kappa shape index (κ3) is 3.29. The highest BCUT2D eigenvalue weighted by molar-refractivity contribution is 5.24. The Bertz CT molecular complexity index is 350. The first-order valence-electron chi connectivity index (χ1n) is 6.50. The van der Waals surface area contributed by atoms with Gasteiger partial charge >= 0.3 is 0 Å². The zero-order valence-electron chi connectivity index (χ0n) is 10.7. The van der Waals surface area contributed by atoms with E-state index in [2.05, 4.69) is 4.90 Å². The molecule has 1 fully saturated rings. The third-order valence-corrected chi connectivity index (χ3v) is 3.45.